The molecule has 2 heterocycles. The standard InChI is InChI=1S/C17H21NO4S/c19-23(20,14-4-1-3-13-6-10-22-16(13)14)18-15-5-2-7-17(15)8-11-21-12-9-17/h1,3-4,6,10,15,18H,2,5,7-9,11-12H2/t15-/m0/s1. The lowest BCUT2D eigenvalue weighted by molar-refractivity contribution is 0.00801. The Bertz CT molecular complexity index is 805. The zero-order valence-electron chi connectivity index (χ0n) is 13.0. The first-order valence-electron chi connectivity index (χ1n) is 8.17. The van der Waals surface area contributed by atoms with Crippen molar-refractivity contribution in [2.75, 3.05) is 13.2 Å². The van der Waals surface area contributed by atoms with Gasteiger partial charge in [-0.15, -0.1) is 0 Å². The number of fused-ring (bicyclic) bond motifs is 1. The molecule has 5 nitrogen and oxygen atoms in total. The summed E-state index contributed by atoms with van der Waals surface area (Å²) in [6, 6.07) is 6.99. The molecule has 2 aromatic rings. The van der Waals surface area contributed by atoms with E-state index in [1.807, 2.05) is 6.07 Å². The second-order valence-corrected chi connectivity index (χ2v) is 8.32. The van der Waals surface area contributed by atoms with Gasteiger partial charge in [-0.05, 0) is 43.2 Å². The van der Waals surface area contributed by atoms with Gasteiger partial charge in [-0.2, -0.15) is 0 Å². The van der Waals surface area contributed by atoms with Crippen LogP contribution in [0.2, 0.25) is 0 Å². The van der Waals surface area contributed by atoms with Crippen LogP contribution < -0.4 is 4.72 Å². The van der Waals surface area contributed by atoms with Crippen LogP contribution in [0.4, 0.5) is 0 Å². The SMILES string of the molecule is O=S(=O)(N[C@H]1CCCC12CCOCC2)c1cccc2ccoc12. The van der Waals surface area contributed by atoms with E-state index in [1.54, 1.807) is 18.2 Å². The highest BCUT2D eigenvalue weighted by atomic mass is 32.2. The highest BCUT2D eigenvalue weighted by Gasteiger charge is 2.45. The fourth-order valence-electron chi connectivity index (χ4n) is 4.13. The van der Waals surface area contributed by atoms with Crippen molar-refractivity contribution in [2.24, 2.45) is 5.41 Å². The van der Waals surface area contributed by atoms with Crippen molar-refractivity contribution < 1.29 is 17.6 Å². The van der Waals surface area contributed by atoms with Crippen LogP contribution in [0.1, 0.15) is 32.1 Å². The Hall–Kier alpha value is -1.37. The number of rotatable bonds is 3. The van der Waals surface area contributed by atoms with E-state index in [0.717, 1.165) is 50.7 Å². The first-order valence-corrected chi connectivity index (χ1v) is 9.65. The van der Waals surface area contributed by atoms with Gasteiger partial charge in [0.15, 0.2) is 5.58 Å². The van der Waals surface area contributed by atoms with Crippen LogP contribution in [-0.2, 0) is 14.8 Å². The molecular weight excluding hydrogens is 314 g/mol. The van der Waals surface area contributed by atoms with Crippen molar-refractivity contribution in [1.82, 2.24) is 4.72 Å². The molecule has 1 atom stereocenters. The molecule has 2 fully saturated rings. The summed E-state index contributed by atoms with van der Waals surface area (Å²) >= 11 is 0. The molecule has 1 aliphatic heterocycles. The lowest BCUT2D eigenvalue weighted by atomic mass is 9.76. The summed E-state index contributed by atoms with van der Waals surface area (Å²) in [6.45, 7) is 1.46. The quantitative estimate of drug-likeness (QED) is 0.936. The third kappa shape index (κ3) is 2.58. The van der Waals surface area contributed by atoms with Gasteiger partial charge < -0.3 is 9.15 Å². The molecule has 4 rings (SSSR count). The molecule has 23 heavy (non-hydrogen) atoms. The van der Waals surface area contributed by atoms with Gasteiger partial charge in [-0.3, -0.25) is 0 Å². The molecule has 1 spiro atoms. The molecule has 1 aromatic heterocycles. The minimum absolute atomic E-state index is 0.0124. The molecule has 1 saturated carbocycles. The topological polar surface area (TPSA) is 68.5 Å². The maximum Gasteiger partial charge on any atom is 0.244 e. The average molecular weight is 335 g/mol. The van der Waals surface area contributed by atoms with Crippen LogP contribution in [0.15, 0.2) is 39.8 Å². The van der Waals surface area contributed by atoms with Crippen molar-refractivity contribution in [3.05, 3.63) is 30.5 Å². The first kappa shape index (κ1) is 15.2. The number of hydrogen-bond acceptors (Lipinski definition) is 4. The highest BCUT2D eigenvalue weighted by Crippen LogP contribution is 2.46. The van der Waals surface area contributed by atoms with Gasteiger partial charge in [0.25, 0.3) is 0 Å². The molecule has 1 N–H and O–H groups in total. The normalized spacial score (nSPS) is 24.4. The molecule has 1 saturated heterocycles. The minimum atomic E-state index is -3.60. The number of furan rings is 1. The largest absolute Gasteiger partial charge is 0.463 e. The summed E-state index contributed by atoms with van der Waals surface area (Å²) in [5, 5.41) is 0.806. The van der Waals surface area contributed by atoms with Crippen LogP contribution in [0.3, 0.4) is 0 Å². The predicted octanol–water partition coefficient (Wildman–Crippen LogP) is 3.06. The fraction of sp³-hybridized carbons (Fsp3) is 0.529. The fourth-order valence-corrected chi connectivity index (χ4v) is 5.66. The number of ether oxygens (including phenoxy) is 1. The summed E-state index contributed by atoms with van der Waals surface area (Å²) in [5.41, 5.74) is 0.488. The summed E-state index contributed by atoms with van der Waals surface area (Å²) in [4.78, 5) is 0.231. The Balaban J connectivity index is 1.66. The summed E-state index contributed by atoms with van der Waals surface area (Å²) in [5.74, 6) is 0. The zero-order valence-corrected chi connectivity index (χ0v) is 13.8. The molecule has 124 valence electrons. The van der Waals surface area contributed by atoms with Crippen LogP contribution in [0.5, 0.6) is 0 Å². The van der Waals surface area contributed by atoms with Gasteiger partial charge in [0.05, 0.1) is 6.26 Å². The zero-order chi connectivity index (χ0) is 15.9. The lowest BCUT2D eigenvalue weighted by Gasteiger charge is -2.39. The number of nitrogens with one attached hydrogen (secondary N) is 1. The molecule has 0 amide bonds. The molecule has 6 heteroatoms. The Morgan fingerprint density at radius 3 is 2.78 bits per heavy atom. The van der Waals surface area contributed by atoms with E-state index < -0.39 is 10.0 Å². The molecule has 0 radical (unpaired) electrons. The van der Waals surface area contributed by atoms with Crippen LogP contribution >= 0.6 is 0 Å². The summed E-state index contributed by atoms with van der Waals surface area (Å²) in [6.07, 6.45) is 6.44. The molecule has 2 aliphatic rings. The van der Waals surface area contributed by atoms with Crippen LogP contribution in [-0.4, -0.2) is 27.7 Å². The van der Waals surface area contributed by atoms with Gasteiger partial charge in [0, 0.05) is 24.6 Å². The second-order valence-electron chi connectivity index (χ2n) is 6.64. The summed E-state index contributed by atoms with van der Waals surface area (Å²) < 4.78 is 39.7. The van der Waals surface area contributed by atoms with Crippen LogP contribution in [0.25, 0.3) is 11.0 Å². The minimum Gasteiger partial charge on any atom is -0.463 e. The number of hydrogen-bond donors (Lipinski definition) is 1. The highest BCUT2D eigenvalue weighted by molar-refractivity contribution is 7.89. The smallest absolute Gasteiger partial charge is 0.244 e. The maximum atomic E-state index is 12.9. The average Bonchev–Trinajstić information content (AvgIpc) is 3.15. The van der Waals surface area contributed by atoms with Crippen molar-refractivity contribution in [1.29, 1.82) is 0 Å². The number of sulfonamides is 1. The Kier molecular flexibility index (Phi) is 3.70. The van der Waals surface area contributed by atoms with Crippen LogP contribution in [0, 0.1) is 5.41 Å². The van der Waals surface area contributed by atoms with E-state index >= 15 is 0 Å². The third-order valence-electron chi connectivity index (χ3n) is 5.43. The van der Waals surface area contributed by atoms with Crippen molar-refractivity contribution in [2.45, 2.75) is 43.0 Å². The summed E-state index contributed by atoms with van der Waals surface area (Å²) in [7, 11) is -3.60. The van der Waals surface area contributed by atoms with Crippen molar-refractivity contribution in [3.63, 3.8) is 0 Å². The molecule has 0 bridgehead atoms. The van der Waals surface area contributed by atoms with E-state index in [4.69, 9.17) is 9.15 Å². The first-order chi connectivity index (χ1) is 11.1. The lowest BCUT2D eigenvalue weighted by Crippen LogP contribution is -2.47. The van der Waals surface area contributed by atoms with Gasteiger partial charge >= 0.3 is 0 Å². The van der Waals surface area contributed by atoms with Gasteiger partial charge in [0.2, 0.25) is 10.0 Å². The number of benzene rings is 1. The second kappa shape index (κ2) is 5.61. The van der Waals surface area contributed by atoms with E-state index in [-0.39, 0.29) is 16.4 Å². The molecular formula is C17H21NO4S. The van der Waals surface area contributed by atoms with Gasteiger partial charge in [-0.25, -0.2) is 13.1 Å². The van der Waals surface area contributed by atoms with Gasteiger partial charge in [0.1, 0.15) is 4.90 Å². The maximum absolute atomic E-state index is 12.9. The monoisotopic (exact) mass is 335 g/mol. The van der Waals surface area contributed by atoms with E-state index in [2.05, 4.69) is 4.72 Å². The molecule has 0 unspecified atom stereocenters. The predicted molar refractivity (Wildman–Crippen MR) is 86.7 cm³/mol. The number of para-hydroxylation sites is 1. The van der Waals surface area contributed by atoms with E-state index in [9.17, 15) is 8.42 Å². The van der Waals surface area contributed by atoms with Crippen molar-refractivity contribution in [3.8, 4) is 0 Å². The third-order valence-corrected chi connectivity index (χ3v) is 6.92. The molecule has 1 aromatic carbocycles. The Labute approximate surface area is 136 Å². The van der Waals surface area contributed by atoms with Crippen molar-refractivity contribution >= 4 is 21.0 Å². The Morgan fingerprint density at radius 1 is 1.13 bits per heavy atom. The Morgan fingerprint density at radius 2 is 1.96 bits per heavy atom. The van der Waals surface area contributed by atoms with Gasteiger partial charge in [-0.1, -0.05) is 18.6 Å². The van der Waals surface area contributed by atoms with E-state index in [0.29, 0.717) is 5.58 Å². The van der Waals surface area contributed by atoms with E-state index in [1.165, 1.54) is 6.26 Å². The molecule has 1 aliphatic carbocycles.